The minimum absolute atomic E-state index is 0.787. The molecule has 2 N–H and O–H groups in total. The molecule has 0 saturated heterocycles. The fourth-order valence-corrected chi connectivity index (χ4v) is 2.45. The molecular formula is C16H19N5. The molecule has 2 aromatic heterocycles. The van der Waals surface area contributed by atoms with Gasteiger partial charge >= 0.3 is 0 Å². The Balaban J connectivity index is 1.71. The molecule has 2 heterocycles. The molecule has 0 spiro atoms. The van der Waals surface area contributed by atoms with E-state index in [0.29, 0.717) is 0 Å². The quantitative estimate of drug-likeness (QED) is 0.772. The molecule has 0 bridgehead atoms. The van der Waals surface area contributed by atoms with Crippen molar-refractivity contribution in [2.75, 3.05) is 5.32 Å². The summed E-state index contributed by atoms with van der Waals surface area (Å²) >= 11 is 0. The summed E-state index contributed by atoms with van der Waals surface area (Å²) in [6.45, 7) is 4.93. The van der Waals surface area contributed by atoms with Crippen molar-refractivity contribution < 1.29 is 0 Å². The topological polar surface area (TPSA) is 58.5 Å². The summed E-state index contributed by atoms with van der Waals surface area (Å²) in [4.78, 5) is 7.14. The first-order valence-electron chi connectivity index (χ1n) is 6.97. The summed E-state index contributed by atoms with van der Waals surface area (Å²) in [5, 5.41) is 7.89. The molecule has 0 fully saturated rings. The lowest BCUT2D eigenvalue weighted by Gasteiger charge is -2.08. The minimum atomic E-state index is 0.787. The minimum Gasteiger partial charge on any atom is -0.381 e. The maximum Gasteiger partial charge on any atom is 0.0924 e. The largest absolute Gasteiger partial charge is 0.381 e. The Morgan fingerprint density at radius 3 is 2.52 bits per heavy atom. The van der Waals surface area contributed by atoms with Gasteiger partial charge in [-0.25, -0.2) is 4.98 Å². The van der Waals surface area contributed by atoms with E-state index < -0.39 is 0 Å². The predicted octanol–water partition coefficient (Wildman–Crippen LogP) is 3.04. The highest BCUT2D eigenvalue weighted by atomic mass is 15.3. The lowest BCUT2D eigenvalue weighted by molar-refractivity contribution is 0.730. The first-order chi connectivity index (χ1) is 10.1. The Hall–Kier alpha value is -2.56. The second kappa shape index (κ2) is 5.44. The molecule has 3 aromatic rings. The van der Waals surface area contributed by atoms with Gasteiger partial charge in [0.05, 0.1) is 23.9 Å². The van der Waals surface area contributed by atoms with E-state index in [1.54, 1.807) is 6.33 Å². The first kappa shape index (κ1) is 13.4. The third-order valence-electron chi connectivity index (χ3n) is 3.82. The highest BCUT2D eigenvalue weighted by Gasteiger charge is 2.08. The molecule has 0 amide bonds. The summed E-state index contributed by atoms with van der Waals surface area (Å²) in [6, 6.07) is 8.33. The molecule has 0 aliphatic rings. The number of anilines is 1. The average Bonchev–Trinajstić information content (AvgIpc) is 3.09. The van der Waals surface area contributed by atoms with Gasteiger partial charge in [0.25, 0.3) is 0 Å². The van der Waals surface area contributed by atoms with Crippen molar-refractivity contribution in [2.45, 2.75) is 20.4 Å². The molecule has 0 atom stereocenters. The van der Waals surface area contributed by atoms with Crippen LogP contribution in [0.1, 0.15) is 17.0 Å². The van der Waals surface area contributed by atoms with Crippen molar-refractivity contribution in [3.05, 3.63) is 53.7 Å². The SMILES string of the molecule is Cc1nn(C)c(C)c1CNc1ccc(-c2cnc[nH]2)cc1. The van der Waals surface area contributed by atoms with Crippen LogP contribution in [0, 0.1) is 13.8 Å². The van der Waals surface area contributed by atoms with E-state index in [1.807, 2.05) is 24.9 Å². The van der Waals surface area contributed by atoms with Gasteiger partial charge in [0.2, 0.25) is 0 Å². The molecule has 21 heavy (non-hydrogen) atoms. The summed E-state index contributed by atoms with van der Waals surface area (Å²) in [5.74, 6) is 0. The van der Waals surface area contributed by atoms with Crippen LogP contribution in [0.3, 0.4) is 0 Å². The van der Waals surface area contributed by atoms with Crippen LogP contribution in [0.2, 0.25) is 0 Å². The van der Waals surface area contributed by atoms with E-state index in [1.165, 1.54) is 11.3 Å². The van der Waals surface area contributed by atoms with Crippen molar-refractivity contribution >= 4 is 5.69 Å². The maximum absolute atomic E-state index is 4.44. The summed E-state index contributed by atoms with van der Waals surface area (Å²) in [6.07, 6.45) is 3.51. The van der Waals surface area contributed by atoms with Gasteiger partial charge in [-0.1, -0.05) is 12.1 Å². The zero-order chi connectivity index (χ0) is 14.8. The Labute approximate surface area is 124 Å². The van der Waals surface area contributed by atoms with Gasteiger partial charge in [-0.15, -0.1) is 0 Å². The van der Waals surface area contributed by atoms with Gasteiger partial charge in [-0.05, 0) is 31.5 Å². The second-order valence-electron chi connectivity index (χ2n) is 5.17. The van der Waals surface area contributed by atoms with Gasteiger partial charge in [0, 0.05) is 30.5 Å². The number of H-pyrrole nitrogens is 1. The van der Waals surface area contributed by atoms with E-state index in [2.05, 4.69) is 51.6 Å². The van der Waals surface area contributed by atoms with Gasteiger partial charge in [-0.2, -0.15) is 5.10 Å². The highest BCUT2D eigenvalue weighted by Crippen LogP contribution is 2.20. The van der Waals surface area contributed by atoms with E-state index in [9.17, 15) is 0 Å². The van der Waals surface area contributed by atoms with Crippen LogP contribution in [-0.4, -0.2) is 19.7 Å². The van der Waals surface area contributed by atoms with Crippen molar-refractivity contribution in [1.82, 2.24) is 19.7 Å². The predicted molar refractivity (Wildman–Crippen MR) is 84.0 cm³/mol. The smallest absolute Gasteiger partial charge is 0.0924 e. The standard InChI is InChI=1S/C16H19N5/c1-11-15(12(2)21(3)20-11)8-18-14-6-4-13(5-7-14)16-9-17-10-19-16/h4-7,9-10,18H,8H2,1-3H3,(H,17,19). The van der Waals surface area contributed by atoms with Crippen LogP contribution in [0.25, 0.3) is 11.3 Å². The highest BCUT2D eigenvalue weighted by molar-refractivity contribution is 5.62. The Bertz CT molecular complexity index is 723. The lowest BCUT2D eigenvalue weighted by atomic mass is 10.1. The number of aromatic nitrogens is 4. The van der Waals surface area contributed by atoms with Gasteiger partial charge in [0.1, 0.15) is 0 Å². The van der Waals surface area contributed by atoms with Gasteiger partial charge < -0.3 is 10.3 Å². The number of imidazole rings is 1. The summed E-state index contributed by atoms with van der Waals surface area (Å²) in [7, 11) is 1.98. The fourth-order valence-electron chi connectivity index (χ4n) is 2.45. The van der Waals surface area contributed by atoms with Crippen molar-refractivity contribution in [3.8, 4) is 11.3 Å². The van der Waals surface area contributed by atoms with Crippen LogP contribution in [0.4, 0.5) is 5.69 Å². The summed E-state index contributed by atoms with van der Waals surface area (Å²) < 4.78 is 1.92. The number of aromatic amines is 1. The molecule has 3 rings (SSSR count). The fraction of sp³-hybridized carbons (Fsp3) is 0.250. The molecule has 0 aliphatic heterocycles. The number of hydrogen-bond donors (Lipinski definition) is 2. The van der Waals surface area contributed by atoms with Crippen LogP contribution in [0.5, 0.6) is 0 Å². The number of nitrogens with zero attached hydrogens (tertiary/aromatic N) is 3. The second-order valence-corrected chi connectivity index (χ2v) is 5.17. The van der Waals surface area contributed by atoms with Crippen LogP contribution in [0.15, 0.2) is 36.8 Å². The zero-order valence-electron chi connectivity index (χ0n) is 12.5. The molecular weight excluding hydrogens is 262 g/mol. The number of hydrogen-bond acceptors (Lipinski definition) is 3. The van der Waals surface area contributed by atoms with Crippen LogP contribution < -0.4 is 5.32 Å². The third-order valence-corrected chi connectivity index (χ3v) is 3.82. The van der Waals surface area contributed by atoms with Gasteiger partial charge in [-0.3, -0.25) is 4.68 Å². The average molecular weight is 281 g/mol. The molecule has 0 unspecified atom stereocenters. The van der Waals surface area contributed by atoms with Crippen molar-refractivity contribution in [3.63, 3.8) is 0 Å². The third kappa shape index (κ3) is 2.67. The van der Waals surface area contributed by atoms with E-state index >= 15 is 0 Å². The molecule has 0 saturated carbocycles. The Kier molecular flexibility index (Phi) is 3.48. The van der Waals surface area contributed by atoms with Crippen LogP contribution in [-0.2, 0) is 13.6 Å². The maximum atomic E-state index is 4.44. The van der Waals surface area contributed by atoms with Crippen molar-refractivity contribution in [1.29, 1.82) is 0 Å². The van der Waals surface area contributed by atoms with Crippen molar-refractivity contribution in [2.24, 2.45) is 7.05 Å². The molecule has 0 radical (unpaired) electrons. The summed E-state index contributed by atoms with van der Waals surface area (Å²) in [5.41, 5.74) is 6.80. The normalized spacial score (nSPS) is 10.8. The Morgan fingerprint density at radius 2 is 1.95 bits per heavy atom. The Morgan fingerprint density at radius 1 is 1.19 bits per heavy atom. The van der Waals surface area contributed by atoms with E-state index in [0.717, 1.165) is 29.2 Å². The van der Waals surface area contributed by atoms with Gasteiger partial charge in [0.15, 0.2) is 0 Å². The van der Waals surface area contributed by atoms with E-state index in [4.69, 9.17) is 0 Å². The molecule has 5 nitrogen and oxygen atoms in total. The molecule has 1 aromatic carbocycles. The number of rotatable bonds is 4. The first-order valence-corrected chi connectivity index (χ1v) is 6.97. The molecule has 108 valence electrons. The number of aryl methyl sites for hydroxylation is 2. The number of benzene rings is 1. The lowest BCUT2D eigenvalue weighted by Crippen LogP contribution is -2.02. The monoisotopic (exact) mass is 281 g/mol. The molecule has 5 heteroatoms. The zero-order valence-corrected chi connectivity index (χ0v) is 12.5. The molecule has 0 aliphatic carbocycles. The van der Waals surface area contributed by atoms with E-state index in [-0.39, 0.29) is 0 Å². The van der Waals surface area contributed by atoms with Crippen LogP contribution >= 0.6 is 0 Å². The number of nitrogens with one attached hydrogen (secondary N) is 2.